The van der Waals surface area contributed by atoms with Crippen LogP contribution in [0.15, 0.2) is 89.8 Å². The number of thiophene rings is 1. The Morgan fingerprint density at radius 1 is 0.973 bits per heavy atom. The van der Waals surface area contributed by atoms with Gasteiger partial charge >= 0.3 is 5.97 Å². The van der Waals surface area contributed by atoms with Gasteiger partial charge in [0.2, 0.25) is 10.0 Å². The molecule has 1 aliphatic heterocycles. The second-order valence-electron chi connectivity index (χ2n) is 8.58. The minimum Gasteiger partial charge on any atom is -0.489 e. The molecule has 5 rings (SSSR count). The van der Waals surface area contributed by atoms with Gasteiger partial charge in [-0.1, -0.05) is 49.4 Å². The number of carboxylic acids is 1. The lowest BCUT2D eigenvalue weighted by Gasteiger charge is -2.21. The summed E-state index contributed by atoms with van der Waals surface area (Å²) in [5.41, 5.74) is 1.88. The molecule has 1 aliphatic rings. The highest BCUT2D eigenvalue weighted by Crippen LogP contribution is 2.42. The van der Waals surface area contributed by atoms with Crippen molar-refractivity contribution >= 4 is 27.3 Å². The molecule has 190 valence electrons. The fourth-order valence-electron chi connectivity index (χ4n) is 4.18. The van der Waals surface area contributed by atoms with Crippen molar-refractivity contribution in [3.05, 3.63) is 95.4 Å². The first-order chi connectivity index (χ1) is 17.8. The van der Waals surface area contributed by atoms with E-state index in [0.29, 0.717) is 11.5 Å². The van der Waals surface area contributed by atoms with Gasteiger partial charge in [-0.3, -0.25) is 4.79 Å². The summed E-state index contributed by atoms with van der Waals surface area (Å²) in [6.45, 7) is 2.15. The molecule has 1 N–H and O–H groups in total. The Hall–Kier alpha value is -3.66. The predicted molar refractivity (Wildman–Crippen MR) is 141 cm³/mol. The van der Waals surface area contributed by atoms with E-state index >= 15 is 0 Å². The molecule has 4 aromatic rings. The number of ether oxygens (including phenoxy) is 2. The summed E-state index contributed by atoms with van der Waals surface area (Å²) in [5.74, 6) is 1.09. The van der Waals surface area contributed by atoms with Gasteiger partial charge in [0.15, 0.2) is 0 Å². The van der Waals surface area contributed by atoms with Crippen molar-refractivity contribution in [2.24, 2.45) is 0 Å². The third-order valence-electron chi connectivity index (χ3n) is 6.12. The first kappa shape index (κ1) is 25.0. The van der Waals surface area contributed by atoms with E-state index in [1.807, 2.05) is 78.9 Å². The molecule has 0 aliphatic carbocycles. The van der Waals surface area contributed by atoms with Crippen LogP contribution in [0.2, 0.25) is 0 Å². The molecule has 1 unspecified atom stereocenters. The van der Waals surface area contributed by atoms with Crippen LogP contribution in [0.4, 0.5) is 0 Å². The standard InChI is InChI=1S/C28H25NO6S2/c1-2-24(28(30)31)29-17-26-27(37(29,32)33)16-25(36-26)20-10-8-19(9-11-20)18-34-21-12-14-23(15-13-21)35-22-6-4-3-5-7-22/h3-16,24H,2,17-18H2,1H3,(H,30,31). The first-order valence-corrected chi connectivity index (χ1v) is 14.0. The number of fused-ring (bicyclic) bond motifs is 1. The van der Waals surface area contributed by atoms with Crippen molar-refractivity contribution in [3.8, 4) is 27.7 Å². The van der Waals surface area contributed by atoms with E-state index in [1.165, 1.54) is 11.3 Å². The van der Waals surface area contributed by atoms with Gasteiger partial charge in [0.1, 0.15) is 29.9 Å². The van der Waals surface area contributed by atoms with Gasteiger partial charge in [-0.15, -0.1) is 11.3 Å². The van der Waals surface area contributed by atoms with Gasteiger partial charge in [0.25, 0.3) is 0 Å². The van der Waals surface area contributed by atoms with Crippen LogP contribution in [0.25, 0.3) is 10.4 Å². The summed E-state index contributed by atoms with van der Waals surface area (Å²) in [4.78, 5) is 13.2. The zero-order chi connectivity index (χ0) is 26.0. The van der Waals surface area contributed by atoms with E-state index in [-0.39, 0.29) is 17.9 Å². The number of rotatable bonds is 9. The number of sulfonamides is 1. The summed E-state index contributed by atoms with van der Waals surface area (Å²) >= 11 is 1.38. The third-order valence-corrected chi connectivity index (χ3v) is 9.34. The Morgan fingerprint density at radius 3 is 2.24 bits per heavy atom. The van der Waals surface area contributed by atoms with Crippen molar-refractivity contribution in [2.75, 3.05) is 0 Å². The molecule has 3 aromatic carbocycles. The van der Waals surface area contributed by atoms with Crippen molar-refractivity contribution in [1.29, 1.82) is 0 Å². The van der Waals surface area contributed by atoms with Crippen LogP contribution in [0.5, 0.6) is 17.2 Å². The SMILES string of the molecule is CCC(C(=O)O)N1Cc2sc(-c3ccc(COc4ccc(Oc5ccccc5)cc4)cc3)cc2S1(=O)=O. The normalized spacial score (nSPS) is 15.2. The highest BCUT2D eigenvalue weighted by molar-refractivity contribution is 7.89. The summed E-state index contributed by atoms with van der Waals surface area (Å²) in [5, 5.41) is 9.41. The lowest BCUT2D eigenvalue weighted by Crippen LogP contribution is -2.40. The van der Waals surface area contributed by atoms with Crippen molar-refractivity contribution in [3.63, 3.8) is 0 Å². The summed E-state index contributed by atoms with van der Waals surface area (Å²) < 4.78 is 38.7. The summed E-state index contributed by atoms with van der Waals surface area (Å²) in [6.07, 6.45) is 0.214. The van der Waals surface area contributed by atoms with E-state index < -0.39 is 22.0 Å². The van der Waals surface area contributed by atoms with E-state index in [2.05, 4.69) is 0 Å². The topological polar surface area (TPSA) is 93.1 Å². The monoisotopic (exact) mass is 535 g/mol. The lowest BCUT2D eigenvalue weighted by atomic mass is 10.1. The van der Waals surface area contributed by atoms with Gasteiger partial charge in [0.05, 0.1) is 11.4 Å². The van der Waals surface area contributed by atoms with Crippen molar-refractivity contribution < 1.29 is 27.8 Å². The number of carbonyl (C=O) groups is 1. The highest BCUT2D eigenvalue weighted by atomic mass is 32.2. The number of aliphatic carboxylic acids is 1. The fourth-order valence-corrected chi connectivity index (χ4v) is 7.58. The van der Waals surface area contributed by atoms with Gasteiger partial charge in [0, 0.05) is 9.75 Å². The smallest absolute Gasteiger partial charge is 0.322 e. The largest absolute Gasteiger partial charge is 0.489 e. The average molecular weight is 536 g/mol. The molecule has 0 amide bonds. The van der Waals surface area contributed by atoms with Crippen molar-refractivity contribution in [1.82, 2.24) is 4.31 Å². The van der Waals surface area contributed by atoms with Gasteiger partial charge in [-0.05, 0) is 60.0 Å². The lowest BCUT2D eigenvalue weighted by molar-refractivity contribution is -0.141. The molecule has 0 radical (unpaired) electrons. The number of benzene rings is 3. The van der Waals surface area contributed by atoms with Crippen LogP contribution in [0, 0.1) is 0 Å². The molecule has 7 nitrogen and oxygen atoms in total. The number of para-hydroxylation sites is 1. The molecule has 1 atom stereocenters. The fraction of sp³-hybridized carbons (Fsp3) is 0.179. The molecule has 0 saturated heterocycles. The van der Waals surface area contributed by atoms with Crippen molar-refractivity contribution in [2.45, 2.75) is 37.4 Å². The molecule has 0 spiro atoms. The Bertz CT molecular complexity index is 1500. The van der Waals surface area contributed by atoms with E-state index in [4.69, 9.17) is 9.47 Å². The Labute approximate surface area is 219 Å². The van der Waals surface area contributed by atoms with Crippen LogP contribution in [0.3, 0.4) is 0 Å². The maximum atomic E-state index is 13.0. The van der Waals surface area contributed by atoms with Crippen LogP contribution in [0.1, 0.15) is 23.8 Å². The number of hydrogen-bond donors (Lipinski definition) is 1. The zero-order valence-electron chi connectivity index (χ0n) is 20.0. The van der Waals surface area contributed by atoms with Crippen LogP contribution >= 0.6 is 11.3 Å². The zero-order valence-corrected chi connectivity index (χ0v) is 21.7. The molecule has 2 heterocycles. The second-order valence-corrected chi connectivity index (χ2v) is 11.6. The summed E-state index contributed by atoms with van der Waals surface area (Å²) in [6, 6.07) is 25.4. The minimum atomic E-state index is -3.82. The Kier molecular flexibility index (Phi) is 7.01. The highest BCUT2D eigenvalue weighted by Gasteiger charge is 2.43. The molecule has 37 heavy (non-hydrogen) atoms. The number of carboxylic acid groups (broad SMARTS) is 1. The average Bonchev–Trinajstić information content (AvgIpc) is 3.43. The van der Waals surface area contributed by atoms with E-state index in [9.17, 15) is 18.3 Å². The maximum absolute atomic E-state index is 13.0. The maximum Gasteiger partial charge on any atom is 0.322 e. The van der Waals surface area contributed by atoms with Crippen LogP contribution in [-0.4, -0.2) is 29.8 Å². The van der Waals surface area contributed by atoms with Gasteiger partial charge in [-0.25, -0.2) is 8.42 Å². The minimum absolute atomic E-state index is 0.0915. The number of nitrogens with zero attached hydrogens (tertiary/aromatic N) is 1. The van der Waals surface area contributed by atoms with Gasteiger partial charge in [-0.2, -0.15) is 4.31 Å². The molecule has 0 saturated carbocycles. The third kappa shape index (κ3) is 5.24. The molecular formula is C28H25NO6S2. The molecule has 1 aromatic heterocycles. The molecule has 9 heteroatoms. The second kappa shape index (κ2) is 10.4. The van der Waals surface area contributed by atoms with Gasteiger partial charge < -0.3 is 14.6 Å². The predicted octanol–water partition coefficient (Wildman–Crippen LogP) is 6.15. The Morgan fingerprint density at radius 2 is 1.62 bits per heavy atom. The van der Waals surface area contributed by atoms with E-state index in [1.54, 1.807) is 13.0 Å². The number of hydrogen-bond acceptors (Lipinski definition) is 6. The summed E-state index contributed by atoms with van der Waals surface area (Å²) in [7, 11) is -3.82. The van der Waals surface area contributed by atoms with Crippen LogP contribution < -0.4 is 9.47 Å². The first-order valence-electron chi connectivity index (χ1n) is 11.8. The molecule has 0 bridgehead atoms. The molecule has 0 fully saturated rings. The molecular weight excluding hydrogens is 510 g/mol. The Balaban J connectivity index is 1.22. The van der Waals surface area contributed by atoms with E-state index in [0.717, 1.165) is 37.6 Å². The quantitative estimate of drug-likeness (QED) is 0.276. The van der Waals surface area contributed by atoms with Crippen LogP contribution in [-0.2, 0) is 28.0 Å².